The number of amides is 2. The number of nitrogens with one attached hydrogen (secondary N) is 3. The molecule has 1 aromatic rings. The molecule has 5 N–H and O–H groups in total. The number of thioether (sulfide) groups is 1. The van der Waals surface area contributed by atoms with Crippen molar-refractivity contribution in [2.45, 2.75) is 33.3 Å². The van der Waals surface area contributed by atoms with Crippen LogP contribution in [0.25, 0.3) is 0 Å². The Labute approximate surface area is 199 Å². The fourth-order valence-electron chi connectivity index (χ4n) is 2.84. The van der Waals surface area contributed by atoms with Gasteiger partial charge in [-0.3, -0.25) is 24.3 Å². The lowest BCUT2D eigenvalue weighted by Crippen LogP contribution is -2.47. The van der Waals surface area contributed by atoms with Gasteiger partial charge in [-0.15, -0.1) is 11.8 Å². The van der Waals surface area contributed by atoms with Gasteiger partial charge in [0.2, 0.25) is 23.4 Å². The van der Waals surface area contributed by atoms with Crippen molar-refractivity contribution in [3.05, 3.63) is 27.9 Å². The fourth-order valence-corrected chi connectivity index (χ4v) is 3.77. The minimum atomic E-state index is -1.39. The molecule has 34 heavy (non-hydrogen) atoms. The Morgan fingerprint density at radius 2 is 1.91 bits per heavy atom. The van der Waals surface area contributed by atoms with E-state index in [1.54, 1.807) is 20.8 Å². The van der Waals surface area contributed by atoms with Crippen molar-refractivity contribution < 1.29 is 38.9 Å². The van der Waals surface area contributed by atoms with Crippen molar-refractivity contribution in [2.24, 2.45) is 5.41 Å². The van der Waals surface area contributed by atoms with Crippen molar-refractivity contribution in [1.82, 2.24) is 20.8 Å². The second-order valence-electron chi connectivity index (χ2n) is 8.03. The van der Waals surface area contributed by atoms with Crippen LogP contribution in [0.5, 0.6) is 0 Å². The molecule has 1 heterocycles. The highest BCUT2D eigenvalue weighted by Crippen LogP contribution is 2.30. The molecule has 0 saturated carbocycles. The summed E-state index contributed by atoms with van der Waals surface area (Å²) in [7, 11) is 0. The van der Waals surface area contributed by atoms with Crippen LogP contribution in [0.1, 0.15) is 58.5 Å². The number of esters is 1. The number of fused-ring (bicyclic) bond motifs is 1. The van der Waals surface area contributed by atoms with Gasteiger partial charge in [0, 0.05) is 36.8 Å². The molecule has 0 saturated heterocycles. The summed E-state index contributed by atoms with van der Waals surface area (Å²) in [5.41, 5.74) is -1.47. The van der Waals surface area contributed by atoms with E-state index in [9.17, 15) is 34.2 Å². The van der Waals surface area contributed by atoms with Crippen LogP contribution in [-0.2, 0) is 14.3 Å². The highest BCUT2D eigenvalue weighted by atomic mass is 32.2. The number of allylic oxidation sites excluding steroid dienone is 2. The number of hydrogen-bond acceptors (Lipinski definition) is 10. The molecule has 2 amide bonds. The standard InChI is InChI=1S/C21H28N4O8S/c1-4-33-20(32)16-14-15(24-25-16)11(27)9-12(17(14)29)34-8-5-13(28)22-6-7-23-19(31)18(30)21(2,3)10-26/h9,18,26,30H,4-8,10H2,1-3H3,(H,22,28)(H,23,31)(H,24,25)/t18-/m0/s1. The Hall–Kier alpha value is -3.03. The summed E-state index contributed by atoms with van der Waals surface area (Å²) in [4.78, 5) is 61.0. The summed E-state index contributed by atoms with van der Waals surface area (Å²) in [6.07, 6.45) is -0.232. The van der Waals surface area contributed by atoms with Crippen LogP contribution in [-0.4, -0.2) is 87.9 Å². The van der Waals surface area contributed by atoms with Gasteiger partial charge in [-0.2, -0.15) is 5.10 Å². The maximum absolute atomic E-state index is 12.8. The van der Waals surface area contributed by atoms with Crippen molar-refractivity contribution >= 4 is 41.1 Å². The lowest BCUT2D eigenvalue weighted by molar-refractivity contribution is -0.137. The van der Waals surface area contributed by atoms with Crippen LogP contribution >= 0.6 is 11.8 Å². The van der Waals surface area contributed by atoms with E-state index < -0.39 is 35.0 Å². The molecule has 0 unspecified atom stereocenters. The molecule has 0 spiro atoms. The minimum absolute atomic E-state index is 0.0283. The van der Waals surface area contributed by atoms with E-state index in [2.05, 4.69) is 20.8 Å². The number of rotatable bonds is 12. The first kappa shape index (κ1) is 27.2. The smallest absolute Gasteiger partial charge is 0.359 e. The van der Waals surface area contributed by atoms with Crippen LogP contribution < -0.4 is 10.6 Å². The number of carbonyl (C=O) groups is 5. The summed E-state index contributed by atoms with van der Waals surface area (Å²) in [6.45, 7) is 4.60. The number of nitrogens with zero attached hydrogens (tertiary/aromatic N) is 1. The molecular formula is C21H28N4O8S. The first-order chi connectivity index (χ1) is 16.0. The van der Waals surface area contributed by atoms with E-state index >= 15 is 0 Å². The first-order valence-corrected chi connectivity index (χ1v) is 11.5. The van der Waals surface area contributed by atoms with E-state index in [0.29, 0.717) is 0 Å². The number of ether oxygens (including phenoxy) is 1. The molecular weight excluding hydrogens is 468 g/mol. The number of carbonyl (C=O) groups excluding carboxylic acids is 5. The third kappa shape index (κ3) is 6.52. The number of H-pyrrole nitrogens is 1. The highest BCUT2D eigenvalue weighted by molar-refractivity contribution is 8.04. The molecule has 186 valence electrons. The van der Waals surface area contributed by atoms with Crippen LogP contribution in [0.2, 0.25) is 0 Å². The van der Waals surface area contributed by atoms with Gasteiger partial charge in [0.15, 0.2) is 5.69 Å². The third-order valence-electron chi connectivity index (χ3n) is 4.92. The average Bonchev–Trinajstić information content (AvgIpc) is 3.25. The number of hydrogen-bond donors (Lipinski definition) is 5. The average molecular weight is 497 g/mol. The number of aromatic nitrogens is 2. The maximum Gasteiger partial charge on any atom is 0.359 e. The quantitative estimate of drug-likeness (QED) is 0.188. The maximum atomic E-state index is 12.8. The molecule has 13 heteroatoms. The fraction of sp³-hybridized carbons (Fsp3) is 0.524. The SMILES string of the molecule is CCOC(=O)c1n[nH]c2c1C(=O)C(SCCC(=O)NCCNC(=O)[C@H](O)C(C)(C)CO)=CC2=O. The number of ketones is 2. The van der Waals surface area contributed by atoms with Gasteiger partial charge in [0.25, 0.3) is 0 Å². The summed E-state index contributed by atoms with van der Waals surface area (Å²) in [5, 5.41) is 30.3. The molecule has 1 atom stereocenters. The van der Waals surface area contributed by atoms with Crippen LogP contribution in [0.15, 0.2) is 11.0 Å². The summed E-state index contributed by atoms with van der Waals surface area (Å²) >= 11 is 1.00. The Kier molecular flexibility index (Phi) is 9.53. The Morgan fingerprint density at radius 1 is 1.24 bits per heavy atom. The van der Waals surface area contributed by atoms with Gasteiger partial charge in [0.1, 0.15) is 11.8 Å². The monoisotopic (exact) mass is 496 g/mol. The molecule has 2 rings (SSSR count). The van der Waals surface area contributed by atoms with E-state index in [1.165, 1.54) is 0 Å². The Bertz CT molecular complexity index is 1000. The second-order valence-corrected chi connectivity index (χ2v) is 9.17. The molecule has 12 nitrogen and oxygen atoms in total. The number of Topliss-reactive ketones (excluding diaryl/α,β-unsaturated/α-hetero) is 1. The Morgan fingerprint density at radius 3 is 2.56 bits per heavy atom. The van der Waals surface area contributed by atoms with Gasteiger partial charge in [0.05, 0.1) is 23.7 Å². The molecule has 0 aliphatic heterocycles. The van der Waals surface area contributed by atoms with Gasteiger partial charge >= 0.3 is 5.97 Å². The number of aliphatic hydroxyl groups is 2. The van der Waals surface area contributed by atoms with Crippen molar-refractivity contribution in [1.29, 1.82) is 0 Å². The van der Waals surface area contributed by atoms with Crippen LogP contribution in [0, 0.1) is 5.41 Å². The number of aliphatic hydroxyl groups excluding tert-OH is 2. The van der Waals surface area contributed by atoms with E-state index in [4.69, 9.17) is 4.74 Å². The van der Waals surface area contributed by atoms with Crippen molar-refractivity contribution in [2.75, 3.05) is 32.1 Å². The zero-order valence-electron chi connectivity index (χ0n) is 19.1. The Balaban J connectivity index is 1.79. The lowest BCUT2D eigenvalue weighted by Gasteiger charge is -2.27. The topological polar surface area (TPSA) is 188 Å². The van der Waals surface area contributed by atoms with Gasteiger partial charge < -0.3 is 25.6 Å². The normalized spacial score (nSPS) is 14.2. The molecule has 1 aliphatic carbocycles. The van der Waals surface area contributed by atoms with Gasteiger partial charge in [-0.05, 0) is 6.92 Å². The van der Waals surface area contributed by atoms with E-state index in [-0.39, 0.29) is 66.2 Å². The predicted molar refractivity (Wildman–Crippen MR) is 121 cm³/mol. The number of aromatic amines is 1. The zero-order valence-corrected chi connectivity index (χ0v) is 19.9. The molecule has 0 radical (unpaired) electrons. The highest BCUT2D eigenvalue weighted by Gasteiger charge is 2.34. The summed E-state index contributed by atoms with van der Waals surface area (Å²) < 4.78 is 4.87. The molecule has 0 fully saturated rings. The zero-order chi connectivity index (χ0) is 25.5. The van der Waals surface area contributed by atoms with Gasteiger partial charge in [-0.1, -0.05) is 13.8 Å². The van der Waals surface area contributed by atoms with Crippen molar-refractivity contribution in [3.63, 3.8) is 0 Å². The van der Waals surface area contributed by atoms with E-state index in [1.807, 2.05) is 0 Å². The summed E-state index contributed by atoms with van der Waals surface area (Å²) in [5.74, 6) is -2.68. The molecule has 0 bridgehead atoms. The second kappa shape index (κ2) is 11.9. The van der Waals surface area contributed by atoms with Gasteiger partial charge in [-0.25, -0.2) is 4.79 Å². The van der Waals surface area contributed by atoms with Crippen molar-refractivity contribution in [3.8, 4) is 0 Å². The summed E-state index contributed by atoms with van der Waals surface area (Å²) in [6, 6.07) is 0. The first-order valence-electron chi connectivity index (χ1n) is 10.6. The third-order valence-corrected chi connectivity index (χ3v) is 5.95. The lowest BCUT2D eigenvalue weighted by atomic mass is 9.87. The van der Waals surface area contributed by atoms with Crippen LogP contribution in [0.4, 0.5) is 0 Å². The van der Waals surface area contributed by atoms with Crippen LogP contribution in [0.3, 0.4) is 0 Å². The molecule has 0 aromatic carbocycles. The van der Waals surface area contributed by atoms with E-state index in [0.717, 1.165) is 17.8 Å². The molecule has 1 aliphatic rings. The minimum Gasteiger partial charge on any atom is -0.461 e. The largest absolute Gasteiger partial charge is 0.461 e. The molecule has 1 aromatic heterocycles. The predicted octanol–water partition coefficient (Wildman–Crippen LogP) is -0.416.